The molecule has 1 aromatic carbocycles. The van der Waals surface area contributed by atoms with Gasteiger partial charge in [-0.25, -0.2) is 0 Å². The number of nitrogens with zero attached hydrogens (tertiary/aromatic N) is 3. The van der Waals surface area contributed by atoms with Gasteiger partial charge in [0.05, 0.1) is 15.9 Å². The topological polar surface area (TPSA) is 111 Å². The van der Waals surface area contributed by atoms with Gasteiger partial charge in [0, 0.05) is 18.2 Å². The molecule has 0 fully saturated rings. The van der Waals surface area contributed by atoms with Crippen molar-refractivity contribution in [2.24, 2.45) is 16.9 Å². The van der Waals surface area contributed by atoms with Crippen LogP contribution >= 0.6 is 0 Å². The van der Waals surface area contributed by atoms with Crippen molar-refractivity contribution in [3.63, 3.8) is 0 Å². The van der Waals surface area contributed by atoms with E-state index in [4.69, 9.17) is 0 Å². The van der Waals surface area contributed by atoms with E-state index < -0.39 is 9.85 Å². The maximum atomic E-state index is 11.1. The van der Waals surface area contributed by atoms with Crippen LogP contribution in [0.5, 0.6) is 0 Å². The van der Waals surface area contributed by atoms with Gasteiger partial charge >= 0.3 is 5.69 Å². The van der Waals surface area contributed by atoms with Crippen LogP contribution in [0.3, 0.4) is 0 Å². The number of nitro groups is 2. The fourth-order valence-corrected chi connectivity index (χ4v) is 2.82. The molecule has 0 radical (unpaired) electrons. The second-order valence-electron chi connectivity index (χ2n) is 6.22. The van der Waals surface area contributed by atoms with Crippen LogP contribution in [0.4, 0.5) is 17.1 Å². The number of benzene rings is 1. The van der Waals surface area contributed by atoms with Crippen molar-refractivity contribution >= 4 is 23.3 Å². The van der Waals surface area contributed by atoms with Crippen molar-refractivity contribution in [3.8, 4) is 0 Å². The summed E-state index contributed by atoms with van der Waals surface area (Å²) in [4.78, 5) is 20.5. The van der Waals surface area contributed by atoms with E-state index in [0.717, 1.165) is 18.9 Å². The Morgan fingerprint density at radius 3 is 2.46 bits per heavy atom. The quantitative estimate of drug-likeness (QED) is 0.374. The first-order chi connectivity index (χ1) is 11.3. The van der Waals surface area contributed by atoms with Gasteiger partial charge in [-0.15, -0.1) is 0 Å². The molecule has 0 heterocycles. The fraction of sp³-hybridized carbons (Fsp3) is 0.438. The average molecular weight is 332 g/mol. The third kappa shape index (κ3) is 3.95. The molecule has 2 unspecified atom stereocenters. The Morgan fingerprint density at radius 1 is 1.17 bits per heavy atom. The van der Waals surface area contributed by atoms with E-state index in [0.29, 0.717) is 5.92 Å². The molecule has 2 rings (SSSR count). The highest BCUT2D eigenvalue weighted by atomic mass is 16.6. The Balaban J connectivity index is 2.14. The molecule has 128 valence electrons. The van der Waals surface area contributed by atoms with Gasteiger partial charge in [0.2, 0.25) is 0 Å². The average Bonchev–Trinajstić information content (AvgIpc) is 2.52. The van der Waals surface area contributed by atoms with Crippen LogP contribution in [-0.4, -0.2) is 16.1 Å². The molecule has 0 saturated carbocycles. The molecule has 0 amide bonds. The minimum atomic E-state index is -0.665. The van der Waals surface area contributed by atoms with Gasteiger partial charge in [-0.3, -0.25) is 25.7 Å². The van der Waals surface area contributed by atoms with Crippen LogP contribution in [0.1, 0.15) is 33.6 Å². The van der Waals surface area contributed by atoms with Gasteiger partial charge in [0.25, 0.3) is 5.69 Å². The van der Waals surface area contributed by atoms with E-state index in [-0.39, 0.29) is 23.0 Å². The lowest BCUT2D eigenvalue weighted by Crippen LogP contribution is -2.19. The molecule has 1 aromatic rings. The van der Waals surface area contributed by atoms with Crippen molar-refractivity contribution in [1.82, 2.24) is 0 Å². The third-order valence-corrected chi connectivity index (χ3v) is 4.47. The number of anilines is 1. The largest absolute Gasteiger partial charge is 0.301 e. The molecule has 0 saturated heterocycles. The summed E-state index contributed by atoms with van der Waals surface area (Å²) in [6.07, 6.45) is 3.70. The van der Waals surface area contributed by atoms with Crippen molar-refractivity contribution in [1.29, 1.82) is 0 Å². The number of hydrazone groups is 1. The summed E-state index contributed by atoms with van der Waals surface area (Å²) < 4.78 is 0. The summed E-state index contributed by atoms with van der Waals surface area (Å²) >= 11 is 0. The normalized spacial score (nSPS) is 21.1. The van der Waals surface area contributed by atoms with Gasteiger partial charge in [-0.1, -0.05) is 18.1 Å². The molecule has 0 aromatic heterocycles. The van der Waals surface area contributed by atoms with E-state index in [1.807, 2.05) is 0 Å². The monoisotopic (exact) mass is 332 g/mol. The van der Waals surface area contributed by atoms with Crippen molar-refractivity contribution in [3.05, 3.63) is 49.6 Å². The summed E-state index contributed by atoms with van der Waals surface area (Å²) in [5.41, 5.74) is 4.84. The maximum Gasteiger partial charge on any atom is 0.301 e. The molecule has 1 aliphatic rings. The molecule has 0 aliphatic heterocycles. The SMILES string of the molecule is CC1=C(C)CC(/C=N/Nc2ccc([N+](=O)[O-])cc2[N+](=O)[O-])C(C)C1. The Morgan fingerprint density at radius 2 is 1.83 bits per heavy atom. The van der Waals surface area contributed by atoms with Crippen LogP contribution < -0.4 is 5.43 Å². The molecule has 0 bridgehead atoms. The smallest absolute Gasteiger partial charge is 0.272 e. The van der Waals surface area contributed by atoms with Crippen molar-refractivity contribution in [2.45, 2.75) is 33.6 Å². The first-order valence-corrected chi connectivity index (χ1v) is 7.66. The lowest BCUT2D eigenvalue weighted by molar-refractivity contribution is -0.393. The molecule has 1 aliphatic carbocycles. The van der Waals surface area contributed by atoms with E-state index in [1.54, 1.807) is 6.21 Å². The zero-order valence-corrected chi connectivity index (χ0v) is 13.9. The number of hydrogen-bond donors (Lipinski definition) is 1. The second-order valence-corrected chi connectivity index (χ2v) is 6.22. The minimum absolute atomic E-state index is 0.133. The van der Waals surface area contributed by atoms with E-state index >= 15 is 0 Å². The Bertz CT molecular complexity index is 727. The second kappa shape index (κ2) is 7.20. The summed E-state index contributed by atoms with van der Waals surface area (Å²) in [7, 11) is 0. The summed E-state index contributed by atoms with van der Waals surface area (Å²) in [6.45, 7) is 6.40. The number of rotatable bonds is 5. The highest BCUT2D eigenvalue weighted by Crippen LogP contribution is 2.33. The lowest BCUT2D eigenvalue weighted by Gasteiger charge is -2.27. The Kier molecular flexibility index (Phi) is 5.28. The van der Waals surface area contributed by atoms with E-state index in [2.05, 4.69) is 31.3 Å². The number of nitrogens with one attached hydrogen (secondary N) is 1. The van der Waals surface area contributed by atoms with Gasteiger partial charge in [-0.2, -0.15) is 5.10 Å². The van der Waals surface area contributed by atoms with Crippen LogP contribution in [0.15, 0.2) is 34.4 Å². The zero-order valence-electron chi connectivity index (χ0n) is 13.9. The Labute approximate surface area is 139 Å². The first kappa shape index (κ1) is 17.6. The zero-order chi connectivity index (χ0) is 17.9. The predicted molar refractivity (Wildman–Crippen MR) is 92.1 cm³/mol. The number of hydrogen-bond acceptors (Lipinski definition) is 6. The standard InChI is InChI=1S/C16H20N4O4/c1-10-6-12(3)13(7-11(10)2)9-17-18-15-5-4-14(19(21)22)8-16(15)20(23)24/h4-5,8-9,12-13,18H,6-7H2,1-3H3/b17-9+. The predicted octanol–water partition coefficient (Wildman–Crippen LogP) is 4.28. The van der Waals surface area contributed by atoms with Crippen LogP contribution in [0.25, 0.3) is 0 Å². The molecular weight excluding hydrogens is 312 g/mol. The highest BCUT2D eigenvalue weighted by Gasteiger charge is 2.23. The van der Waals surface area contributed by atoms with Gasteiger partial charge in [-0.05, 0) is 38.7 Å². The van der Waals surface area contributed by atoms with Crippen molar-refractivity contribution in [2.75, 3.05) is 5.43 Å². The number of allylic oxidation sites excluding steroid dienone is 2. The molecule has 8 nitrogen and oxygen atoms in total. The molecule has 0 spiro atoms. The minimum Gasteiger partial charge on any atom is -0.272 e. The first-order valence-electron chi connectivity index (χ1n) is 7.66. The highest BCUT2D eigenvalue weighted by molar-refractivity contribution is 5.68. The van der Waals surface area contributed by atoms with Gasteiger partial charge in [0.15, 0.2) is 0 Å². The fourth-order valence-electron chi connectivity index (χ4n) is 2.82. The van der Waals surface area contributed by atoms with Gasteiger partial charge < -0.3 is 0 Å². The summed E-state index contributed by atoms with van der Waals surface area (Å²) in [6, 6.07) is 3.44. The molecule has 2 atom stereocenters. The molecular formula is C16H20N4O4. The molecule has 24 heavy (non-hydrogen) atoms. The number of non-ortho nitro benzene ring substituents is 1. The maximum absolute atomic E-state index is 11.1. The lowest BCUT2D eigenvalue weighted by atomic mass is 9.78. The van der Waals surface area contributed by atoms with E-state index in [1.165, 1.54) is 23.3 Å². The van der Waals surface area contributed by atoms with Crippen LogP contribution in [0, 0.1) is 32.1 Å². The van der Waals surface area contributed by atoms with Crippen molar-refractivity contribution < 1.29 is 9.85 Å². The molecule has 1 N–H and O–H groups in total. The van der Waals surface area contributed by atoms with Crippen LogP contribution in [-0.2, 0) is 0 Å². The number of nitro benzene ring substituents is 2. The summed E-state index contributed by atoms with van der Waals surface area (Å²) in [5.74, 6) is 0.712. The third-order valence-electron chi connectivity index (χ3n) is 4.47. The van der Waals surface area contributed by atoms with Crippen LogP contribution in [0.2, 0.25) is 0 Å². The van der Waals surface area contributed by atoms with E-state index in [9.17, 15) is 20.2 Å². The molecule has 8 heteroatoms. The Hall–Kier alpha value is -2.77. The summed E-state index contributed by atoms with van der Waals surface area (Å²) in [5, 5.41) is 25.9. The van der Waals surface area contributed by atoms with Gasteiger partial charge in [0.1, 0.15) is 5.69 Å².